The van der Waals surface area contributed by atoms with Crippen molar-refractivity contribution in [1.29, 1.82) is 0 Å². The van der Waals surface area contributed by atoms with Gasteiger partial charge in [-0.15, -0.1) is 0 Å². The first-order valence-electron chi connectivity index (χ1n) is 4.48. The number of rotatable bonds is 5. The van der Waals surface area contributed by atoms with Gasteiger partial charge in [0.25, 0.3) is 0 Å². The van der Waals surface area contributed by atoms with Crippen molar-refractivity contribution < 1.29 is 4.42 Å². The van der Waals surface area contributed by atoms with Crippen molar-refractivity contribution in [3.63, 3.8) is 0 Å². The second kappa shape index (κ2) is 4.80. The summed E-state index contributed by atoms with van der Waals surface area (Å²) in [6.07, 6.45) is 5.17. The SMILES string of the molecule is CCCCCNc1ocnc1C. The summed E-state index contributed by atoms with van der Waals surface area (Å²) in [4.78, 5) is 3.99. The van der Waals surface area contributed by atoms with E-state index in [1.165, 1.54) is 25.7 Å². The highest BCUT2D eigenvalue weighted by Gasteiger charge is 1.99. The molecule has 0 aliphatic heterocycles. The molecule has 0 aliphatic carbocycles. The van der Waals surface area contributed by atoms with Gasteiger partial charge in [0.2, 0.25) is 5.88 Å². The molecular formula is C9H16N2O. The quantitative estimate of drug-likeness (QED) is 0.687. The van der Waals surface area contributed by atoms with Gasteiger partial charge < -0.3 is 9.73 Å². The maximum atomic E-state index is 5.12. The molecule has 0 fully saturated rings. The molecule has 3 nitrogen and oxygen atoms in total. The Morgan fingerprint density at radius 3 is 2.92 bits per heavy atom. The van der Waals surface area contributed by atoms with Crippen molar-refractivity contribution in [3.8, 4) is 0 Å². The molecule has 1 aromatic rings. The van der Waals surface area contributed by atoms with E-state index in [1.54, 1.807) is 0 Å². The Balaban J connectivity index is 2.20. The molecule has 0 atom stereocenters. The van der Waals surface area contributed by atoms with Crippen molar-refractivity contribution in [2.24, 2.45) is 0 Å². The monoisotopic (exact) mass is 168 g/mol. The lowest BCUT2D eigenvalue weighted by molar-refractivity contribution is 0.566. The van der Waals surface area contributed by atoms with E-state index in [1.807, 2.05) is 6.92 Å². The molecule has 68 valence electrons. The van der Waals surface area contributed by atoms with E-state index >= 15 is 0 Å². The molecule has 0 unspecified atom stereocenters. The molecule has 1 heterocycles. The fraction of sp³-hybridized carbons (Fsp3) is 0.667. The molecule has 0 aromatic carbocycles. The molecule has 0 saturated carbocycles. The first-order valence-corrected chi connectivity index (χ1v) is 4.48. The molecule has 0 radical (unpaired) electrons. The van der Waals surface area contributed by atoms with E-state index in [2.05, 4.69) is 17.2 Å². The van der Waals surface area contributed by atoms with Gasteiger partial charge in [0.1, 0.15) is 5.69 Å². The molecule has 1 N–H and O–H groups in total. The highest BCUT2D eigenvalue weighted by Crippen LogP contribution is 2.11. The fourth-order valence-electron chi connectivity index (χ4n) is 1.05. The molecular weight excluding hydrogens is 152 g/mol. The Hall–Kier alpha value is -0.990. The van der Waals surface area contributed by atoms with Gasteiger partial charge in [0.15, 0.2) is 6.39 Å². The number of anilines is 1. The third kappa shape index (κ3) is 2.57. The first kappa shape index (κ1) is 9.10. The minimum atomic E-state index is 0.811. The van der Waals surface area contributed by atoms with Crippen LogP contribution in [0.5, 0.6) is 0 Å². The summed E-state index contributed by atoms with van der Waals surface area (Å²) in [7, 11) is 0. The summed E-state index contributed by atoms with van der Waals surface area (Å²) in [5, 5.41) is 3.20. The van der Waals surface area contributed by atoms with Crippen LogP contribution in [0, 0.1) is 6.92 Å². The number of nitrogens with zero attached hydrogens (tertiary/aromatic N) is 1. The molecule has 3 heteroatoms. The van der Waals surface area contributed by atoms with Gasteiger partial charge >= 0.3 is 0 Å². The Bertz CT molecular complexity index is 220. The third-order valence-electron chi connectivity index (χ3n) is 1.81. The summed E-state index contributed by atoms with van der Waals surface area (Å²) in [5.74, 6) is 0.811. The standard InChI is InChI=1S/C9H16N2O/c1-3-4-5-6-10-9-8(2)11-7-12-9/h7,10H,3-6H2,1-2H3. The van der Waals surface area contributed by atoms with Crippen molar-refractivity contribution in [3.05, 3.63) is 12.1 Å². The molecule has 12 heavy (non-hydrogen) atoms. The van der Waals surface area contributed by atoms with Gasteiger partial charge in [-0.05, 0) is 13.3 Å². The van der Waals surface area contributed by atoms with Crippen LogP contribution in [0.1, 0.15) is 31.9 Å². The van der Waals surface area contributed by atoms with Crippen LogP contribution in [0.2, 0.25) is 0 Å². The van der Waals surface area contributed by atoms with Crippen LogP contribution in [0.25, 0.3) is 0 Å². The van der Waals surface area contributed by atoms with Crippen molar-refractivity contribution in [2.45, 2.75) is 33.1 Å². The van der Waals surface area contributed by atoms with E-state index in [-0.39, 0.29) is 0 Å². The van der Waals surface area contributed by atoms with Crippen molar-refractivity contribution in [2.75, 3.05) is 11.9 Å². The smallest absolute Gasteiger partial charge is 0.216 e. The zero-order chi connectivity index (χ0) is 8.81. The maximum absolute atomic E-state index is 5.12. The summed E-state index contributed by atoms with van der Waals surface area (Å²) in [6.45, 7) is 5.11. The number of oxazole rings is 1. The van der Waals surface area contributed by atoms with E-state index in [4.69, 9.17) is 4.42 Å². The van der Waals surface area contributed by atoms with E-state index in [0.29, 0.717) is 0 Å². The molecule has 0 bridgehead atoms. The summed E-state index contributed by atoms with van der Waals surface area (Å²) < 4.78 is 5.12. The lowest BCUT2D eigenvalue weighted by Crippen LogP contribution is -2.01. The predicted molar refractivity (Wildman–Crippen MR) is 49.3 cm³/mol. The second-order valence-electron chi connectivity index (χ2n) is 2.90. The number of hydrogen-bond acceptors (Lipinski definition) is 3. The van der Waals surface area contributed by atoms with Crippen LogP contribution >= 0.6 is 0 Å². The van der Waals surface area contributed by atoms with Gasteiger partial charge in [-0.1, -0.05) is 19.8 Å². The fourth-order valence-corrected chi connectivity index (χ4v) is 1.05. The molecule has 0 spiro atoms. The lowest BCUT2D eigenvalue weighted by atomic mass is 10.2. The largest absolute Gasteiger partial charge is 0.428 e. The first-order chi connectivity index (χ1) is 5.84. The molecule has 1 aromatic heterocycles. The van der Waals surface area contributed by atoms with Crippen LogP contribution in [0.4, 0.5) is 5.88 Å². The summed E-state index contributed by atoms with van der Waals surface area (Å²) >= 11 is 0. The van der Waals surface area contributed by atoms with Crippen LogP contribution in [0.15, 0.2) is 10.8 Å². The van der Waals surface area contributed by atoms with Crippen molar-refractivity contribution in [1.82, 2.24) is 4.98 Å². The van der Waals surface area contributed by atoms with E-state index in [9.17, 15) is 0 Å². The topological polar surface area (TPSA) is 38.1 Å². The van der Waals surface area contributed by atoms with Crippen LogP contribution < -0.4 is 5.32 Å². The van der Waals surface area contributed by atoms with Gasteiger partial charge in [0, 0.05) is 6.54 Å². The Morgan fingerprint density at radius 2 is 2.33 bits per heavy atom. The second-order valence-corrected chi connectivity index (χ2v) is 2.90. The molecule has 0 saturated heterocycles. The summed E-state index contributed by atoms with van der Waals surface area (Å²) in [6, 6.07) is 0. The van der Waals surface area contributed by atoms with Gasteiger partial charge in [-0.3, -0.25) is 0 Å². The average molecular weight is 168 g/mol. The highest BCUT2D eigenvalue weighted by atomic mass is 16.4. The number of aromatic nitrogens is 1. The minimum absolute atomic E-state index is 0.811. The number of hydrogen-bond donors (Lipinski definition) is 1. The Labute approximate surface area is 73.2 Å². The number of aryl methyl sites for hydroxylation is 1. The van der Waals surface area contributed by atoms with Crippen molar-refractivity contribution >= 4 is 5.88 Å². The zero-order valence-electron chi connectivity index (χ0n) is 7.76. The highest BCUT2D eigenvalue weighted by molar-refractivity contribution is 5.34. The Kier molecular flexibility index (Phi) is 3.64. The molecule has 1 rings (SSSR count). The van der Waals surface area contributed by atoms with Gasteiger partial charge in [-0.2, -0.15) is 0 Å². The summed E-state index contributed by atoms with van der Waals surface area (Å²) in [5.41, 5.74) is 0.937. The zero-order valence-corrected chi connectivity index (χ0v) is 7.76. The normalized spacial score (nSPS) is 10.2. The minimum Gasteiger partial charge on any atom is -0.428 e. The number of unbranched alkanes of at least 4 members (excludes halogenated alkanes) is 2. The van der Waals surface area contributed by atoms with Crippen LogP contribution in [-0.4, -0.2) is 11.5 Å². The van der Waals surface area contributed by atoms with Crippen LogP contribution in [0.3, 0.4) is 0 Å². The van der Waals surface area contributed by atoms with E-state index < -0.39 is 0 Å². The Morgan fingerprint density at radius 1 is 1.50 bits per heavy atom. The number of nitrogens with one attached hydrogen (secondary N) is 1. The van der Waals surface area contributed by atoms with Gasteiger partial charge in [0.05, 0.1) is 0 Å². The van der Waals surface area contributed by atoms with E-state index in [0.717, 1.165) is 18.1 Å². The van der Waals surface area contributed by atoms with Gasteiger partial charge in [-0.25, -0.2) is 4.98 Å². The maximum Gasteiger partial charge on any atom is 0.216 e. The molecule has 0 amide bonds. The third-order valence-corrected chi connectivity index (χ3v) is 1.81. The average Bonchev–Trinajstić information content (AvgIpc) is 2.46. The lowest BCUT2D eigenvalue weighted by Gasteiger charge is -2.01. The predicted octanol–water partition coefficient (Wildman–Crippen LogP) is 2.59. The molecule has 0 aliphatic rings. The van der Waals surface area contributed by atoms with Crippen LogP contribution in [-0.2, 0) is 0 Å².